The quantitative estimate of drug-likeness (QED) is 0.314. The fourth-order valence-electron chi connectivity index (χ4n) is 5.19. The Bertz CT molecular complexity index is 855. The van der Waals surface area contributed by atoms with Gasteiger partial charge in [0.15, 0.2) is 5.60 Å². The molecule has 0 N–H and O–H groups in total. The van der Waals surface area contributed by atoms with E-state index in [4.69, 9.17) is 9.47 Å². The third kappa shape index (κ3) is 5.85. The summed E-state index contributed by atoms with van der Waals surface area (Å²) in [6.07, 6.45) is 8.79. The molecule has 1 saturated carbocycles. The summed E-state index contributed by atoms with van der Waals surface area (Å²) in [5.74, 6) is 6.53. The Hall–Kier alpha value is -2.48. The average Bonchev–Trinajstić information content (AvgIpc) is 3.23. The molecule has 0 bridgehead atoms. The minimum absolute atomic E-state index is 0.000337. The zero-order valence-electron chi connectivity index (χ0n) is 19.8. The molecule has 1 amide bonds. The van der Waals surface area contributed by atoms with Crippen LogP contribution in [0.3, 0.4) is 0 Å². The summed E-state index contributed by atoms with van der Waals surface area (Å²) in [5, 5.41) is 0. The maximum atomic E-state index is 12.9. The molecule has 5 nitrogen and oxygen atoms in total. The highest BCUT2D eigenvalue weighted by molar-refractivity contribution is 5.71. The number of esters is 1. The van der Waals surface area contributed by atoms with Crippen molar-refractivity contribution in [2.75, 3.05) is 13.7 Å². The van der Waals surface area contributed by atoms with Crippen LogP contribution in [-0.4, -0.2) is 42.3 Å². The molecule has 1 aliphatic heterocycles. The minimum atomic E-state index is -0.851. The summed E-state index contributed by atoms with van der Waals surface area (Å²) >= 11 is 0. The van der Waals surface area contributed by atoms with Crippen LogP contribution in [0.15, 0.2) is 24.3 Å². The SMILES string of the molecule is CCCCCCCC(=O)O[C@@]1(C#Cc2cccc(C)c2)CCC[C@@H]2[C@H]1CCN2C(=O)OC. The summed E-state index contributed by atoms with van der Waals surface area (Å²) in [7, 11) is 1.42. The number of hydrogen-bond acceptors (Lipinski definition) is 4. The molecule has 3 atom stereocenters. The molecular weight excluding hydrogens is 402 g/mol. The summed E-state index contributed by atoms with van der Waals surface area (Å²) in [5.41, 5.74) is 1.22. The van der Waals surface area contributed by atoms with Crippen LogP contribution in [0.5, 0.6) is 0 Å². The van der Waals surface area contributed by atoms with Crippen molar-refractivity contribution in [2.45, 2.75) is 89.7 Å². The maximum absolute atomic E-state index is 12.9. The molecule has 5 heteroatoms. The van der Waals surface area contributed by atoms with Crippen LogP contribution in [0.1, 0.15) is 82.3 Å². The Morgan fingerprint density at radius 2 is 2.00 bits per heavy atom. The van der Waals surface area contributed by atoms with Crippen molar-refractivity contribution in [1.82, 2.24) is 4.90 Å². The van der Waals surface area contributed by atoms with E-state index >= 15 is 0 Å². The Labute approximate surface area is 192 Å². The number of ether oxygens (including phenoxy) is 2. The predicted molar refractivity (Wildman–Crippen MR) is 125 cm³/mol. The highest BCUT2D eigenvalue weighted by Crippen LogP contribution is 2.45. The number of likely N-dealkylation sites (tertiary alicyclic amines) is 1. The monoisotopic (exact) mass is 439 g/mol. The van der Waals surface area contributed by atoms with Crippen molar-refractivity contribution >= 4 is 12.1 Å². The second-order valence-corrected chi connectivity index (χ2v) is 9.17. The van der Waals surface area contributed by atoms with Crippen LogP contribution < -0.4 is 0 Å². The Morgan fingerprint density at radius 3 is 2.75 bits per heavy atom. The number of rotatable bonds is 7. The van der Waals surface area contributed by atoms with Gasteiger partial charge in [-0.15, -0.1) is 0 Å². The van der Waals surface area contributed by atoms with E-state index in [0.717, 1.165) is 49.7 Å². The fraction of sp³-hybridized carbons (Fsp3) is 0.630. The molecule has 2 aliphatic rings. The number of methoxy groups -OCH3 is 1. The van der Waals surface area contributed by atoms with Gasteiger partial charge in [0.25, 0.3) is 0 Å². The molecule has 3 rings (SSSR count). The zero-order chi connectivity index (χ0) is 23.0. The van der Waals surface area contributed by atoms with Crippen molar-refractivity contribution in [3.63, 3.8) is 0 Å². The maximum Gasteiger partial charge on any atom is 0.409 e. The lowest BCUT2D eigenvalue weighted by Gasteiger charge is -2.42. The van der Waals surface area contributed by atoms with Crippen molar-refractivity contribution < 1.29 is 19.1 Å². The molecule has 1 aliphatic carbocycles. The third-order valence-corrected chi connectivity index (χ3v) is 6.82. The second-order valence-electron chi connectivity index (χ2n) is 9.17. The van der Waals surface area contributed by atoms with Crippen molar-refractivity contribution in [1.29, 1.82) is 0 Å². The van der Waals surface area contributed by atoms with Crippen molar-refractivity contribution in [3.05, 3.63) is 35.4 Å². The molecule has 1 saturated heterocycles. The first-order valence-electron chi connectivity index (χ1n) is 12.2. The summed E-state index contributed by atoms with van der Waals surface area (Å²) in [6, 6.07) is 8.07. The number of nitrogens with zero attached hydrogens (tertiary/aromatic N) is 1. The Morgan fingerprint density at radius 1 is 1.19 bits per heavy atom. The molecule has 32 heavy (non-hydrogen) atoms. The highest BCUT2D eigenvalue weighted by Gasteiger charge is 2.53. The first-order valence-corrected chi connectivity index (χ1v) is 12.2. The minimum Gasteiger partial charge on any atom is -0.453 e. The van der Waals surface area contributed by atoms with Gasteiger partial charge < -0.3 is 14.4 Å². The van der Waals surface area contributed by atoms with Gasteiger partial charge in [0.1, 0.15) is 0 Å². The molecular formula is C27H37NO4. The van der Waals surface area contributed by atoms with Gasteiger partial charge in [-0.1, -0.05) is 50.7 Å². The number of benzene rings is 1. The normalized spacial score (nSPS) is 24.3. The summed E-state index contributed by atoms with van der Waals surface area (Å²) in [6.45, 7) is 4.84. The van der Waals surface area contributed by atoms with Gasteiger partial charge in [-0.3, -0.25) is 4.79 Å². The molecule has 0 radical (unpaired) electrons. The first kappa shape index (κ1) is 24.2. The van der Waals surface area contributed by atoms with Gasteiger partial charge in [-0.25, -0.2) is 4.79 Å². The Kier molecular flexibility index (Phi) is 8.61. The van der Waals surface area contributed by atoms with Gasteiger partial charge in [-0.05, 0) is 62.6 Å². The zero-order valence-corrected chi connectivity index (χ0v) is 19.8. The van der Waals surface area contributed by atoms with E-state index in [1.807, 2.05) is 31.2 Å². The summed E-state index contributed by atoms with van der Waals surface area (Å²) in [4.78, 5) is 27.0. The molecule has 0 spiro atoms. The molecule has 1 aromatic carbocycles. The van der Waals surface area contributed by atoms with E-state index in [9.17, 15) is 9.59 Å². The number of unbranched alkanes of at least 4 members (excludes halogenated alkanes) is 4. The van der Waals surface area contributed by atoms with Crippen LogP contribution in [0.2, 0.25) is 0 Å². The standard InChI is InChI=1S/C27H37NO4/c1-4-5-6-7-8-14-25(29)32-27(18-15-22-12-9-11-21(2)20-22)17-10-13-24-23(27)16-19-28(24)26(30)31-3/h9,11-12,20,23-24H,4-8,10,13-14,16-17,19H2,1-3H3/t23-,24-,27-/m1/s1. The second kappa shape index (κ2) is 11.4. The third-order valence-electron chi connectivity index (χ3n) is 6.82. The number of carbonyl (C=O) groups excluding carboxylic acids is 2. The van der Waals surface area contributed by atoms with E-state index < -0.39 is 5.60 Å². The number of fused-ring (bicyclic) bond motifs is 1. The van der Waals surface area contributed by atoms with Gasteiger partial charge >= 0.3 is 12.1 Å². The van der Waals surface area contributed by atoms with Crippen LogP contribution in [0.4, 0.5) is 4.79 Å². The average molecular weight is 440 g/mol. The smallest absolute Gasteiger partial charge is 0.409 e. The van der Waals surface area contributed by atoms with Gasteiger partial charge in [0.2, 0.25) is 0 Å². The topological polar surface area (TPSA) is 55.8 Å². The molecule has 0 aromatic heterocycles. The van der Waals surface area contributed by atoms with E-state index in [1.54, 1.807) is 4.90 Å². The molecule has 0 unspecified atom stereocenters. The lowest BCUT2D eigenvalue weighted by molar-refractivity contribution is -0.162. The van der Waals surface area contributed by atoms with Crippen LogP contribution in [0.25, 0.3) is 0 Å². The Balaban J connectivity index is 1.82. The first-order chi connectivity index (χ1) is 15.5. The van der Waals surface area contributed by atoms with Crippen LogP contribution in [-0.2, 0) is 14.3 Å². The van der Waals surface area contributed by atoms with Gasteiger partial charge in [-0.2, -0.15) is 0 Å². The van der Waals surface area contributed by atoms with Gasteiger partial charge in [0, 0.05) is 30.5 Å². The van der Waals surface area contributed by atoms with Crippen LogP contribution in [0, 0.1) is 24.7 Å². The van der Waals surface area contributed by atoms with E-state index in [1.165, 1.54) is 20.0 Å². The number of aryl methyl sites for hydroxylation is 1. The number of amides is 1. The molecule has 1 aromatic rings. The largest absolute Gasteiger partial charge is 0.453 e. The fourth-order valence-corrected chi connectivity index (χ4v) is 5.19. The van der Waals surface area contributed by atoms with E-state index in [2.05, 4.69) is 18.8 Å². The van der Waals surface area contributed by atoms with Gasteiger partial charge in [0.05, 0.1) is 7.11 Å². The van der Waals surface area contributed by atoms with Crippen molar-refractivity contribution in [3.8, 4) is 11.8 Å². The lowest BCUT2D eigenvalue weighted by atomic mass is 9.72. The van der Waals surface area contributed by atoms with Crippen LogP contribution >= 0.6 is 0 Å². The number of carbonyl (C=O) groups is 2. The molecule has 2 fully saturated rings. The lowest BCUT2D eigenvalue weighted by Crippen LogP contribution is -2.51. The van der Waals surface area contributed by atoms with Crippen molar-refractivity contribution in [2.24, 2.45) is 5.92 Å². The van der Waals surface area contributed by atoms with E-state index in [0.29, 0.717) is 19.4 Å². The van der Waals surface area contributed by atoms with E-state index in [-0.39, 0.29) is 24.0 Å². The predicted octanol–water partition coefficient (Wildman–Crippen LogP) is 5.63. The highest BCUT2D eigenvalue weighted by atomic mass is 16.6. The number of hydrogen-bond donors (Lipinski definition) is 0. The summed E-state index contributed by atoms with van der Waals surface area (Å²) < 4.78 is 11.2. The molecule has 1 heterocycles. The molecule has 174 valence electrons.